The molecule has 1 heterocycles. The van der Waals surface area contributed by atoms with Crippen molar-refractivity contribution in [1.29, 1.82) is 0 Å². The van der Waals surface area contributed by atoms with Crippen LogP contribution in [0.4, 0.5) is 5.69 Å². The molecule has 1 N–H and O–H groups in total. The molecule has 3 aromatic carbocycles. The van der Waals surface area contributed by atoms with Gasteiger partial charge in [-0.15, -0.1) is 0 Å². The van der Waals surface area contributed by atoms with E-state index in [0.29, 0.717) is 6.54 Å². The van der Waals surface area contributed by atoms with Crippen molar-refractivity contribution >= 4 is 33.8 Å². The minimum atomic E-state index is -0.561. The lowest BCUT2D eigenvalue weighted by atomic mass is 10.0. The predicted octanol–water partition coefficient (Wildman–Crippen LogP) is 4.34. The molecule has 166 valence electrons. The lowest BCUT2D eigenvalue weighted by Gasteiger charge is -2.36. The Kier molecular flexibility index (Phi) is 6.30. The van der Waals surface area contributed by atoms with E-state index in [-0.39, 0.29) is 6.61 Å². The summed E-state index contributed by atoms with van der Waals surface area (Å²) in [6.07, 6.45) is 1.30. The summed E-state index contributed by atoms with van der Waals surface area (Å²) in [6, 6.07) is 20.7. The largest absolute Gasteiger partial charge is 0.393 e. The molecule has 1 saturated heterocycles. The third-order valence-corrected chi connectivity index (χ3v) is 6.65. The molecule has 0 bridgehead atoms. The van der Waals surface area contributed by atoms with Crippen LogP contribution >= 0.6 is 11.6 Å². The van der Waals surface area contributed by atoms with Gasteiger partial charge in [0.15, 0.2) is 0 Å². The number of benzene rings is 3. The van der Waals surface area contributed by atoms with Gasteiger partial charge in [0.05, 0.1) is 5.71 Å². The molecule has 1 unspecified atom stereocenters. The van der Waals surface area contributed by atoms with Crippen molar-refractivity contribution in [3.05, 3.63) is 76.8 Å². The number of β-amino-alcohol motifs (C(OH)–C–C–N with tert-alkyl or cyclic N) is 1. The lowest BCUT2D eigenvalue weighted by Crippen LogP contribution is -2.49. The summed E-state index contributed by atoms with van der Waals surface area (Å²) < 4.78 is 0. The first-order chi connectivity index (χ1) is 15.7. The number of anilines is 1. The molecule has 0 amide bonds. The molecule has 3 aromatic rings. The van der Waals surface area contributed by atoms with Crippen LogP contribution in [0.2, 0.25) is 5.02 Å². The second-order valence-corrected chi connectivity index (χ2v) is 9.00. The molecule has 1 aliphatic heterocycles. The van der Waals surface area contributed by atoms with E-state index >= 15 is 0 Å². The molecule has 5 rings (SSSR count). The zero-order valence-electron chi connectivity index (χ0n) is 18.1. The van der Waals surface area contributed by atoms with Crippen molar-refractivity contribution in [3.63, 3.8) is 0 Å². The monoisotopic (exact) mass is 449 g/mol. The standard InChI is InChI=1S/C26H28ClN3O2/c27-20-5-3-6-21(16-20)30-14-12-29(13-15-30)17-22(31)18-32-28-26-11-10-24-23-7-2-1-4-19(23)8-9-25(24)26/h1-9,16,22,31H,10-15,17-18H2/b28-26+. The maximum Gasteiger partial charge on any atom is 0.144 e. The van der Waals surface area contributed by atoms with Gasteiger partial charge in [0.25, 0.3) is 0 Å². The molecule has 32 heavy (non-hydrogen) atoms. The predicted molar refractivity (Wildman–Crippen MR) is 131 cm³/mol. The fourth-order valence-corrected chi connectivity index (χ4v) is 4.95. The number of hydrogen-bond acceptors (Lipinski definition) is 5. The van der Waals surface area contributed by atoms with Crippen LogP contribution in [0.3, 0.4) is 0 Å². The number of hydrogen-bond donors (Lipinski definition) is 1. The van der Waals surface area contributed by atoms with Crippen molar-refractivity contribution in [2.75, 3.05) is 44.2 Å². The summed E-state index contributed by atoms with van der Waals surface area (Å²) in [5.41, 5.74) is 4.66. The fraction of sp³-hybridized carbons (Fsp3) is 0.346. The van der Waals surface area contributed by atoms with Gasteiger partial charge in [-0.2, -0.15) is 0 Å². The zero-order valence-corrected chi connectivity index (χ0v) is 18.8. The molecular formula is C26H28ClN3O2. The van der Waals surface area contributed by atoms with E-state index in [9.17, 15) is 5.11 Å². The highest BCUT2D eigenvalue weighted by atomic mass is 35.5. The highest BCUT2D eigenvalue weighted by Crippen LogP contribution is 2.30. The summed E-state index contributed by atoms with van der Waals surface area (Å²) in [5.74, 6) is 0. The average Bonchev–Trinajstić information content (AvgIpc) is 3.23. The molecule has 0 spiro atoms. The molecular weight excluding hydrogens is 422 g/mol. The van der Waals surface area contributed by atoms with Gasteiger partial charge in [0, 0.05) is 49.0 Å². The van der Waals surface area contributed by atoms with Crippen LogP contribution in [0.1, 0.15) is 17.5 Å². The van der Waals surface area contributed by atoms with Crippen molar-refractivity contribution < 1.29 is 9.94 Å². The van der Waals surface area contributed by atoms with Gasteiger partial charge < -0.3 is 14.8 Å². The number of oxime groups is 1. The molecule has 0 aromatic heterocycles. The average molecular weight is 450 g/mol. The van der Waals surface area contributed by atoms with Crippen LogP contribution in [-0.2, 0) is 11.3 Å². The van der Waals surface area contributed by atoms with Crippen LogP contribution in [0.25, 0.3) is 10.8 Å². The Morgan fingerprint density at radius 2 is 1.81 bits per heavy atom. The first kappa shape index (κ1) is 21.3. The maximum atomic E-state index is 10.5. The lowest BCUT2D eigenvalue weighted by molar-refractivity contribution is 0.0180. The molecule has 1 atom stereocenters. The SMILES string of the molecule is OC(CO/N=C1\CCc2c1ccc1ccccc21)CN1CCN(c2cccc(Cl)c2)CC1. The number of fused-ring (bicyclic) bond motifs is 3. The number of halogens is 1. The molecule has 0 radical (unpaired) electrons. The highest BCUT2D eigenvalue weighted by molar-refractivity contribution is 6.30. The zero-order chi connectivity index (χ0) is 21.9. The molecule has 1 fully saturated rings. The van der Waals surface area contributed by atoms with Gasteiger partial charge >= 0.3 is 0 Å². The third kappa shape index (κ3) is 4.60. The fourth-order valence-electron chi connectivity index (χ4n) is 4.76. The second kappa shape index (κ2) is 9.49. The van der Waals surface area contributed by atoms with Gasteiger partial charge in [-0.3, -0.25) is 4.90 Å². The number of piperazine rings is 1. The van der Waals surface area contributed by atoms with E-state index in [2.05, 4.69) is 57.4 Å². The summed E-state index contributed by atoms with van der Waals surface area (Å²) in [4.78, 5) is 10.2. The van der Waals surface area contributed by atoms with E-state index in [0.717, 1.165) is 55.4 Å². The normalized spacial score (nSPS) is 18.8. The van der Waals surface area contributed by atoms with Crippen molar-refractivity contribution in [3.8, 4) is 0 Å². The van der Waals surface area contributed by atoms with Crippen LogP contribution < -0.4 is 4.90 Å². The number of rotatable bonds is 6. The molecule has 2 aliphatic rings. The molecule has 1 aliphatic carbocycles. The first-order valence-corrected chi connectivity index (χ1v) is 11.7. The Bertz CT molecular complexity index is 1130. The topological polar surface area (TPSA) is 48.3 Å². The summed E-state index contributed by atoms with van der Waals surface area (Å²) >= 11 is 6.12. The van der Waals surface area contributed by atoms with E-state index in [1.807, 2.05) is 18.2 Å². The quantitative estimate of drug-likeness (QED) is 0.568. The van der Waals surface area contributed by atoms with Gasteiger partial charge in [-0.25, -0.2) is 0 Å². The molecule has 6 heteroatoms. The van der Waals surface area contributed by atoms with Gasteiger partial charge in [-0.1, -0.05) is 59.2 Å². The third-order valence-electron chi connectivity index (χ3n) is 6.42. The number of aliphatic hydroxyl groups is 1. The smallest absolute Gasteiger partial charge is 0.144 e. The Labute approximate surface area is 193 Å². The molecule has 5 nitrogen and oxygen atoms in total. The van der Waals surface area contributed by atoms with Crippen molar-refractivity contribution in [1.82, 2.24) is 4.90 Å². The Balaban J connectivity index is 1.12. The van der Waals surface area contributed by atoms with E-state index in [1.54, 1.807) is 0 Å². The number of aliphatic hydroxyl groups excluding tert-OH is 1. The minimum absolute atomic E-state index is 0.209. The highest BCUT2D eigenvalue weighted by Gasteiger charge is 2.22. The minimum Gasteiger partial charge on any atom is -0.393 e. The summed E-state index contributed by atoms with van der Waals surface area (Å²) in [5, 5.41) is 18.2. The number of nitrogens with zero attached hydrogens (tertiary/aromatic N) is 3. The van der Waals surface area contributed by atoms with Crippen LogP contribution in [0.5, 0.6) is 0 Å². The van der Waals surface area contributed by atoms with E-state index < -0.39 is 6.10 Å². The number of aryl methyl sites for hydroxylation is 1. The van der Waals surface area contributed by atoms with Crippen LogP contribution in [0, 0.1) is 0 Å². The van der Waals surface area contributed by atoms with Crippen LogP contribution in [-0.4, -0.2) is 61.2 Å². The Morgan fingerprint density at radius 1 is 0.969 bits per heavy atom. The summed E-state index contributed by atoms with van der Waals surface area (Å²) in [7, 11) is 0. The van der Waals surface area contributed by atoms with E-state index in [4.69, 9.17) is 16.4 Å². The van der Waals surface area contributed by atoms with Gasteiger partial charge in [-0.05, 0) is 47.4 Å². The first-order valence-electron chi connectivity index (χ1n) is 11.3. The maximum absolute atomic E-state index is 10.5. The Hall–Kier alpha value is -2.60. The van der Waals surface area contributed by atoms with E-state index in [1.165, 1.54) is 21.9 Å². The summed E-state index contributed by atoms with van der Waals surface area (Å²) in [6.45, 7) is 4.44. The Morgan fingerprint density at radius 3 is 2.66 bits per heavy atom. The van der Waals surface area contributed by atoms with Crippen LogP contribution in [0.15, 0.2) is 65.8 Å². The van der Waals surface area contributed by atoms with Crippen molar-refractivity contribution in [2.45, 2.75) is 18.9 Å². The van der Waals surface area contributed by atoms with Gasteiger partial charge in [0.1, 0.15) is 12.7 Å². The van der Waals surface area contributed by atoms with Gasteiger partial charge in [0.2, 0.25) is 0 Å². The second-order valence-electron chi connectivity index (χ2n) is 8.57. The van der Waals surface area contributed by atoms with Crippen molar-refractivity contribution in [2.24, 2.45) is 5.16 Å². The molecule has 0 saturated carbocycles.